The summed E-state index contributed by atoms with van der Waals surface area (Å²) in [6, 6.07) is 0. The van der Waals surface area contributed by atoms with Gasteiger partial charge in [-0.2, -0.15) is 0 Å². The average Bonchev–Trinajstić information content (AvgIpc) is 1.73. The van der Waals surface area contributed by atoms with Crippen LogP contribution in [0.15, 0.2) is 0 Å². The number of carbonyl (C=O) groups is 1. The van der Waals surface area contributed by atoms with Gasteiger partial charge in [-0.25, -0.2) is 0 Å². The molecule has 0 aliphatic carbocycles. The minimum Gasteiger partial charge on any atom is -0.480 e. The number of aliphatic carboxylic acids is 1. The minimum atomic E-state index is -0.968. The van der Waals surface area contributed by atoms with E-state index in [1.807, 2.05) is 0 Å². The van der Waals surface area contributed by atoms with Gasteiger partial charge in [0.05, 0.1) is 18.4 Å². The van der Waals surface area contributed by atoms with Crippen molar-refractivity contribution in [3.8, 4) is 0 Å². The Morgan fingerprint density at radius 1 is 1.62 bits per heavy atom. The van der Waals surface area contributed by atoms with Crippen LogP contribution in [0.1, 0.15) is 0 Å². The van der Waals surface area contributed by atoms with Gasteiger partial charge in [0.15, 0.2) is 0 Å². The van der Waals surface area contributed by atoms with E-state index in [-0.39, 0.29) is 32.7 Å². The molecule has 0 aromatic rings. The van der Waals surface area contributed by atoms with E-state index in [0.717, 1.165) is 0 Å². The van der Waals surface area contributed by atoms with Crippen LogP contribution in [-0.4, -0.2) is 22.3 Å². The molecular formula is C2H6ClNO3Zr. The van der Waals surface area contributed by atoms with Gasteiger partial charge in [-0.3, -0.25) is 9.45 Å². The molecule has 0 aromatic carbocycles. The van der Waals surface area contributed by atoms with Crippen LogP contribution >= 0.6 is 11.9 Å². The fraction of sp³-hybridized carbons (Fsp3) is 0.500. The molecule has 0 bridgehead atoms. The number of hydrogen-bond acceptors (Lipinski definition) is 3. The second-order valence-electron chi connectivity index (χ2n) is 0.598. The van der Waals surface area contributed by atoms with Gasteiger partial charge in [-0.15, -0.1) is 0 Å². The molecule has 6 heteroatoms. The second-order valence-corrected chi connectivity index (χ2v) is 0.598. The van der Waals surface area contributed by atoms with Crippen molar-refractivity contribution in [1.82, 2.24) is 0 Å². The van der Waals surface area contributed by atoms with Crippen LogP contribution in [0, 0.1) is 0 Å². The molecule has 0 aromatic heterocycles. The van der Waals surface area contributed by atoms with Gasteiger partial charge in [-0.05, 0) is 0 Å². The number of carboxylic acid groups (broad SMARTS) is 1. The third-order valence-corrected chi connectivity index (χ3v) is 0.175. The molecule has 0 saturated carbocycles. The maximum absolute atomic E-state index is 9.24. The molecule has 0 fully saturated rings. The zero-order valence-electron chi connectivity index (χ0n) is 3.97. The van der Waals surface area contributed by atoms with Gasteiger partial charge < -0.3 is 10.8 Å². The van der Waals surface area contributed by atoms with Crippen LogP contribution < -0.4 is 5.73 Å². The molecule has 0 saturated heterocycles. The van der Waals surface area contributed by atoms with Gasteiger partial charge >= 0.3 is 5.97 Å². The summed E-state index contributed by atoms with van der Waals surface area (Å²) in [7, 11) is 0. The van der Waals surface area contributed by atoms with E-state index in [1.54, 1.807) is 0 Å². The van der Waals surface area contributed by atoms with Crippen LogP contribution in [0.4, 0.5) is 0 Å². The van der Waals surface area contributed by atoms with Gasteiger partial charge in [0, 0.05) is 26.2 Å². The first kappa shape index (κ1) is 15.8. The minimum absolute atomic E-state index is 0. The molecule has 0 atom stereocenters. The van der Waals surface area contributed by atoms with Crippen LogP contribution in [0.2, 0.25) is 0 Å². The van der Waals surface area contributed by atoms with Crippen molar-refractivity contribution in [2.75, 3.05) is 6.54 Å². The average molecular weight is 219 g/mol. The zero-order valence-corrected chi connectivity index (χ0v) is 7.18. The maximum atomic E-state index is 9.24. The first-order valence-electron chi connectivity index (χ1n) is 1.36. The van der Waals surface area contributed by atoms with Crippen molar-refractivity contribution in [2.24, 2.45) is 5.73 Å². The van der Waals surface area contributed by atoms with Crippen LogP contribution in [0.25, 0.3) is 0 Å². The topological polar surface area (TPSA) is 83.6 Å². The van der Waals surface area contributed by atoms with Crippen LogP contribution in [0.5, 0.6) is 0 Å². The summed E-state index contributed by atoms with van der Waals surface area (Å²) in [5.41, 5.74) is 4.57. The SMILES string of the molecule is NCC(=O)O.OCl.[Zr]. The first-order chi connectivity index (χ1) is 3.27. The van der Waals surface area contributed by atoms with Crippen molar-refractivity contribution >= 4 is 17.8 Å². The van der Waals surface area contributed by atoms with Gasteiger partial charge in [0.2, 0.25) is 0 Å². The quantitative estimate of drug-likeness (QED) is 0.536. The predicted molar refractivity (Wildman–Crippen MR) is 24.8 cm³/mol. The molecule has 0 aliphatic heterocycles. The summed E-state index contributed by atoms with van der Waals surface area (Å²) in [4.78, 5) is 9.24. The summed E-state index contributed by atoms with van der Waals surface area (Å²) in [5, 5.41) is 7.60. The van der Waals surface area contributed by atoms with E-state index >= 15 is 0 Å². The van der Waals surface area contributed by atoms with E-state index < -0.39 is 5.97 Å². The molecule has 4 nitrogen and oxygen atoms in total. The van der Waals surface area contributed by atoms with Gasteiger partial charge in [0.25, 0.3) is 0 Å². The summed E-state index contributed by atoms with van der Waals surface area (Å²) >= 11 is 3.64. The Bertz CT molecular complexity index is 52.5. The standard InChI is InChI=1S/C2H5NO2.ClHO.Zr/c3-1-2(4)5;1-2;/h1,3H2,(H,4,5);2H;. The fourth-order valence-corrected chi connectivity index (χ4v) is 0. The van der Waals surface area contributed by atoms with Crippen LogP contribution in [0.3, 0.4) is 0 Å². The number of carboxylic acids is 1. The van der Waals surface area contributed by atoms with Gasteiger partial charge in [0.1, 0.15) is 0 Å². The fourth-order valence-electron chi connectivity index (χ4n) is 0. The van der Waals surface area contributed by atoms with Crippen molar-refractivity contribution in [3.05, 3.63) is 0 Å². The number of hydrogen-bond donors (Lipinski definition) is 3. The van der Waals surface area contributed by atoms with E-state index in [2.05, 4.69) is 17.6 Å². The van der Waals surface area contributed by atoms with Crippen molar-refractivity contribution in [3.63, 3.8) is 0 Å². The summed E-state index contributed by atoms with van der Waals surface area (Å²) in [6.07, 6.45) is 0. The molecular weight excluding hydrogens is 213 g/mol. The maximum Gasteiger partial charge on any atom is 0.317 e. The molecule has 0 heterocycles. The normalized spacial score (nSPS) is 5.38. The van der Waals surface area contributed by atoms with Crippen molar-refractivity contribution in [1.29, 1.82) is 0 Å². The molecule has 48 valence electrons. The monoisotopic (exact) mass is 217 g/mol. The number of nitrogens with two attached hydrogens (primary N) is 1. The molecule has 0 rings (SSSR count). The smallest absolute Gasteiger partial charge is 0.317 e. The van der Waals surface area contributed by atoms with Crippen LogP contribution in [-0.2, 0) is 31.0 Å². The second kappa shape index (κ2) is 15.6. The Morgan fingerprint density at radius 2 is 1.75 bits per heavy atom. The third-order valence-electron chi connectivity index (χ3n) is 0.175. The Morgan fingerprint density at radius 3 is 1.75 bits per heavy atom. The molecule has 8 heavy (non-hydrogen) atoms. The first-order valence-corrected chi connectivity index (χ1v) is 1.70. The molecule has 0 amide bonds. The molecule has 4 N–H and O–H groups in total. The Kier molecular flexibility index (Phi) is 31.0. The van der Waals surface area contributed by atoms with Crippen molar-refractivity contribution in [2.45, 2.75) is 0 Å². The molecule has 0 aliphatic rings. The molecule has 0 spiro atoms. The third kappa shape index (κ3) is 30.9. The summed E-state index contributed by atoms with van der Waals surface area (Å²) in [5.74, 6) is -0.968. The van der Waals surface area contributed by atoms with Gasteiger partial charge in [-0.1, -0.05) is 0 Å². The Balaban J connectivity index is -0.0000000750. The Hall–Kier alpha value is 0.563. The predicted octanol–water partition coefficient (Wildman–Crippen LogP) is -0.840. The van der Waals surface area contributed by atoms with E-state index in [4.69, 9.17) is 9.77 Å². The van der Waals surface area contributed by atoms with E-state index in [0.29, 0.717) is 0 Å². The summed E-state index contributed by atoms with van der Waals surface area (Å²) < 4.78 is 6.47. The van der Waals surface area contributed by atoms with Crippen molar-refractivity contribution < 1.29 is 40.8 Å². The largest absolute Gasteiger partial charge is 0.480 e. The zero-order chi connectivity index (χ0) is 6.28. The number of rotatable bonds is 1. The Labute approximate surface area is 70.9 Å². The number of halogens is 1. The summed E-state index contributed by atoms with van der Waals surface area (Å²) in [6.45, 7) is -0.278. The van der Waals surface area contributed by atoms with E-state index in [1.165, 1.54) is 0 Å². The molecule has 0 unspecified atom stereocenters. The van der Waals surface area contributed by atoms with E-state index in [9.17, 15) is 4.79 Å². The molecule has 0 radical (unpaired) electrons.